The fourth-order valence-electron chi connectivity index (χ4n) is 5.60. The Kier molecular flexibility index (Phi) is 6.60. The number of likely N-dealkylation sites (tertiary alicyclic amines) is 1. The molecule has 1 saturated heterocycles. The summed E-state index contributed by atoms with van der Waals surface area (Å²) in [6.45, 7) is 9.13. The minimum Gasteiger partial charge on any atom is -0.488 e. The maximum Gasteiger partial charge on any atom is 0.347 e. The molecule has 180 valence electrons. The van der Waals surface area contributed by atoms with Crippen molar-refractivity contribution in [2.45, 2.75) is 26.0 Å². The molecule has 5 heteroatoms. The van der Waals surface area contributed by atoms with E-state index in [0.717, 1.165) is 42.9 Å². The number of hydrogen-bond donors (Lipinski definition) is 0. The van der Waals surface area contributed by atoms with Crippen molar-refractivity contribution < 1.29 is 14.3 Å². The van der Waals surface area contributed by atoms with Crippen LogP contribution in [0.2, 0.25) is 0 Å². The van der Waals surface area contributed by atoms with E-state index in [-0.39, 0.29) is 0 Å². The second-order valence-corrected chi connectivity index (χ2v) is 9.46. The molecule has 2 heterocycles. The van der Waals surface area contributed by atoms with Gasteiger partial charge >= 0.3 is 5.97 Å². The summed E-state index contributed by atoms with van der Waals surface area (Å²) in [5, 5.41) is 0. The number of nitrogens with zero attached hydrogens (tertiary/aromatic N) is 2. The number of rotatable bonds is 7. The fourth-order valence-corrected chi connectivity index (χ4v) is 5.60. The monoisotopic (exact) mass is 468 g/mol. The first-order chi connectivity index (χ1) is 17.1. The van der Waals surface area contributed by atoms with Gasteiger partial charge < -0.3 is 14.4 Å². The Hall–Kier alpha value is -3.57. The smallest absolute Gasteiger partial charge is 0.347 e. The second-order valence-electron chi connectivity index (χ2n) is 9.46. The van der Waals surface area contributed by atoms with Gasteiger partial charge in [-0.05, 0) is 67.7 Å². The van der Waals surface area contributed by atoms with E-state index >= 15 is 0 Å². The van der Waals surface area contributed by atoms with Crippen molar-refractivity contribution >= 4 is 11.7 Å². The largest absolute Gasteiger partial charge is 0.488 e. The third-order valence-corrected chi connectivity index (χ3v) is 7.14. The molecule has 0 aliphatic carbocycles. The summed E-state index contributed by atoms with van der Waals surface area (Å²) in [5.41, 5.74) is 4.75. The van der Waals surface area contributed by atoms with Gasteiger partial charge in [0, 0.05) is 24.8 Å². The summed E-state index contributed by atoms with van der Waals surface area (Å²) in [6.07, 6.45) is 3.09. The zero-order valence-corrected chi connectivity index (χ0v) is 20.4. The normalized spacial score (nSPS) is 19.1. The lowest BCUT2D eigenvalue weighted by atomic mass is 9.84. The Morgan fingerprint density at radius 3 is 2.54 bits per heavy atom. The maximum atomic E-state index is 13.6. The van der Waals surface area contributed by atoms with E-state index in [2.05, 4.69) is 29.5 Å². The topological polar surface area (TPSA) is 42.0 Å². The van der Waals surface area contributed by atoms with E-state index in [1.807, 2.05) is 61.5 Å². The minimum atomic E-state index is -0.403. The van der Waals surface area contributed by atoms with Crippen LogP contribution in [0.5, 0.6) is 11.5 Å². The van der Waals surface area contributed by atoms with Crippen LogP contribution >= 0.6 is 0 Å². The number of benzene rings is 3. The molecule has 1 fully saturated rings. The molecule has 3 aromatic carbocycles. The number of hydrogen-bond acceptors (Lipinski definition) is 5. The van der Waals surface area contributed by atoms with Crippen LogP contribution in [0.4, 0.5) is 5.69 Å². The highest BCUT2D eigenvalue weighted by atomic mass is 16.5. The number of esters is 1. The number of para-hydroxylation sites is 1. The SMILES string of the molecule is C=CCN1CC2CCN(C)C2c2cc(OCc3ccccc3)c(C(=O)Oc3ccccc3)c(C)c21. The van der Waals surface area contributed by atoms with Gasteiger partial charge in [-0.3, -0.25) is 4.90 Å². The summed E-state index contributed by atoms with van der Waals surface area (Å²) >= 11 is 0. The van der Waals surface area contributed by atoms with Crippen LogP contribution in [-0.2, 0) is 6.61 Å². The van der Waals surface area contributed by atoms with Crippen molar-refractivity contribution in [1.29, 1.82) is 0 Å². The van der Waals surface area contributed by atoms with Crippen molar-refractivity contribution in [2.75, 3.05) is 31.6 Å². The third-order valence-electron chi connectivity index (χ3n) is 7.14. The molecule has 0 amide bonds. The highest BCUT2D eigenvalue weighted by Gasteiger charge is 2.42. The number of anilines is 1. The Morgan fingerprint density at radius 2 is 1.83 bits per heavy atom. The van der Waals surface area contributed by atoms with Gasteiger partial charge in [-0.1, -0.05) is 54.6 Å². The summed E-state index contributed by atoms with van der Waals surface area (Å²) in [6, 6.07) is 21.6. The van der Waals surface area contributed by atoms with Crippen LogP contribution in [-0.4, -0.2) is 37.6 Å². The van der Waals surface area contributed by atoms with Gasteiger partial charge in [0.05, 0.1) is 0 Å². The maximum absolute atomic E-state index is 13.6. The Bertz CT molecular complexity index is 1210. The van der Waals surface area contributed by atoms with E-state index in [0.29, 0.717) is 35.6 Å². The lowest BCUT2D eigenvalue weighted by molar-refractivity contribution is 0.0728. The molecule has 2 aliphatic rings. The van der Waals surface area contributed by atoms with Crippen LogP contribution in [0, 0.1) is 12.8 Å². The number of fused-ring (bicyclic) bond motifs is 3. The third kappa shape index (κ3) is 4.56. The summed E-state index contributed by atoms with van der Waals surface area (Å²) in [5.74, 6) is 1.23. The molecule has 2 atom stereocenters. The molecule has 5 nitrogen and oxygen atoms in total. The van der Waals surface area contributed by atoms with E-state index in [9.17, 15) is 4.79 Å². The van der Waals surface area contributed by atoms with Crippen molar-refractivity contribution in [3.63, 3.8) is 0 Å². The van der Waals surface area contributed by atoms with E-state index in [1.165, 1.54) is 5.56 Å². The standard InChI is InChI=1S/C30H32N2O3/c1-4-16-32-19-23-15-17-31(3)29(23)25-18-26(34-20-22-11-7-5-8-12-22)27(21(2)28(25)32)30(33)35-24-13-9-6-10-14-24/h4-14,18,23,29H,1,15-17,19-20H2,2-3H3. The summed E-state index contributed by atoms with van der Waals surface area (Å²) in [4.78, 5) is 18.3. The molecule has 0 saturated carbocycles. The molecule has 0 bridgehead atoms. The van der Waals surface area contributed by atoms with Gasteiger partial charge in [-0.25, -0.2) is 4.79 Å². The predicted octanol–water partition coefficient (Wildman–Crippen LogP) is 5.79. The van der Waals surface area contributed by atoms with E-state index in [4.69, 9.17) is 9.47 Å². The Balaban J connectivity index is 1.61. The highest BCUT2D eigenvalue weighted by Crippen LogP contribution is 2.49. The lowest BCUT2D eigenvalue weighted by Gasteiger charge is -2.41. The van der Waals surface area contributed by atoms with Gasteiger partial charge in [0.1, 0.15) is 23.7 Å². The van der Waals surface area contributed by atoms with Crippen LogP contribution in [0.25, 0.3) is 0 Å². The summed E-state index contributed by atoms with van der Waals surface area (Å²) in [7, 11) is 2.19. The predicted molar refractivity (Wildman–Crippen MR) is 139 cm³/mol. The molecule has 0 spiro atoms. The molecule has 2 aliphatic heterocycles. The van der Waals surface area contributed by atoms with Crippen molar-refractivity contribution in [1.82, 2.24) is 4.90 Å². The highest BCUT2D eigenvalue weighted by molar-refractivity contribution is 5.98. The lowest BCUT2D eigenvalue weighted by Crippen LogP contribution is -2.39. The number of carbonyl (C=O) groups excluding carboxylic acids is 1. The average molecular weight is 469 g/mol. The van der Waals surface area contributed by atoms with Gasteiger partial charge in [0.25, 0.3) is 0 Å². The Labute approximate surface area is 207 Å². The minimum absolute atomic E-state index is 0.308. The Morgan fingerprint density at radius 1 is 1.11 bits per heavy atom. The fraction of sp³-hybridized carbons (Fsp3) is 0.300. The molecular weight excluding hydrogens is 436 g/mol. The van der Waals surface area contributed by atoms with Crippen LogP contribution < -0.4 is 14.4 Å². The molecule has 0 N–H and O–H groups in total. The first kappa shape index (κ1) is 23.2. The van der Waals surface area contributed by atoms with Gasteiger partial charge in [0.15, 0.2) is 0 Å². The number of carbonyl (C=O) groups is 1. The van der Waals surface area contributed by atoms with Crippen LogP contribution in [0.1, 0.15) is 39.5 Å². The second kappa shape index (κ2) is 9.96. The molecule has 5 rings (SSSR count). The van der Waals surface area contributed by atoms with Crippen molar-refractivity contribution in [3.05, 3.63) is 102 Å². The molecule has 2 unspecified atom stereocenters. The van der Waals surface area contributed by atoms with Gasteiger partial charge in [-0.2, -0.15) is 0 Å². The quantitative estimate of drug-likeness (QED) is 0.249. The van der Waals surface area contributed by atoms with Crippen molar-refractivity contribution in [3.8, 4) is 11.5 Å². The average Bonchev–Trinajstić information content (AvgIpc) is 3.24. The van der Waals surface area contributed by atoms with Crippen LogP contribution in [0.15, 0.2) is 79.4 Å². The zero-order valence-electron chi connectivity index (χ0n) is 20.4. The molecule has 3 aromatic rings. The molecular formula is C30H32N2O3. The molecule has 35 heavy (non-hydrogen) atoms. The first-order valence-corrected chi connectivity index (χ1v) is 12.2. The van der Waals surface area contributed by atoms with Crippen LogP contribution in [0.3, 0.4) is 0 Å². The first-order valence-electron chi connectivity index (χ1n) is 12.2. The zero-order chi connectivity index (χ0) is 24.4. The van der Waals surface area contributed by atoms with Gasteiger partial charge in [0.2, 0.25) is 0 Å². The molecule has 0 radical (unpaired) electrons. The van der Waals surface area contributed by atoms with Gasteiger partial charge in [-0.15, -0.1) is 6.58 Å². The van der Waals surface area contributed by atoms with E-state index < -0.39 is 5.97 Å². The van der Waals surface area contributed by atoms with Crippen molar-refractivity contribution in [2.24, 2.45) is 5.92 Å². The van der Waals surface area contributed by atoms with E-state index in [1.54, 1.807) is 12.1 Å². The molecule has 0 aromatic heterocycles. The number of ether oxygens (including phenoxy) is 2. The summed E-state index contributed by atoms with van der Waals surface area (Å²) < 4.78 is 12.1.